The van der Waals surface area contributed by atoms with Gasteiger partial charge in [0.15, 0.2) is 6.10 Å². The number of alkyl halides is 2. The van der Waals surface area contributed by atoms with Crippen LogP contribution in [-0.2, 0) is 24.3 Å². The van der Waals surface area contributed by atoms with Crippen molar-refractivity contribution in [1.82, 2.24) is 0 Å². The molecule has 1 unspecified atom stereocenters. The molecule has 0 radical (unpaired) electrons. The third-order valence-electron chi connectivity index (χ3n) is 3.63. The number of rotatable bonds is 7. The molecule has 0 bridgehead atoms. The third kappa shape index (κ3) is 4.34. The van der Waals surface area contributed by atoms with Crippen molar-refractivity contribution in [2.45, 2.75) is 18.3 Å². The zero-order valence-electron chi connectivity index (χ0n) is 13.6. The van der Waals surface area contributed by atoms with Gasteiger partial charge in [0, 0.05) is 5.92 Å². The van der Waals surface area contributed by atoms with E-state index >= 15 is 0 Å². The van der Waals surface area contributed by atoms with E-state index in [4.69, 9.17) is 14.0 Å². The fourth-order valence-electron chi connectivity index (χ4n) is 1.99. The summed E-state index contributed by atoms with van der Waals surface area (Å²) < 4.78 is 71.3. The molecule has 1 aliphatic rings. The van der Waals surface area contributed by atoms with Gasteiger partial charge in [-0.1, -0.05) is 12.1 Å². The highest BCUT2D eigenvalue weighted by atomic mass is 32.2. The van der Waals surface area contributed by atoms with E-state index in [-0.39, 0.29) is 23.7 Å². The van der Waals surface area contributed by atoms with E-state index in [1.165, 1.54) is 18.2 Å². The van der Waals surface area contributed by atoms with Crippen molar-refractivity contribution in [3.05, 3.63) is 35.4 Å². The monoisotopic (exact) mass is 394 g/mol. The lowest BCUT2D eigenvalue weighted by Gasteiger charge is -2.25. The summed E-state index contributed by atoms with van der Waals surface area (Å²) in [6, 6.07) is 5.17. The second-order valence-corrected chi connectivity index (χ2v) is 7.13. The van der Waals surface area contributed by atoms with Crippen LogP contribution < -0.4 is 0 Å². The van der Waals surface area contributed by atoms with E-state index in [0.29, 0.717) is 20.1 Å². The molecule has 1 fully saturated rings. The number of hydrogen-bond donors (Lipinski definition) is 1. The number of carbonyl (C=O) groups excluding carboxylic acids is 2. The van der Waals surface area contributed by atoms with Crippen LogP contribution in [0.5, 0.6) is 0 Å². The number of carbonyl (C=O) groups is 2. The first-order valence-electron chi connectivity index (χ1n) is 7.43. The van der Waals surface area contributed by atoms with Crippen molar-refractivity contribution in [2.75, 3.05) is 19.8 Å². The van der Waals surface area contributed by atoms with Crippen LogP contribution in [0.3, 0.4) is 0 Å². The second kappa shape index (κ2) is 7.64. The first kappa shape index (κ1) is 20.2. The molecule has 11 heteroatoms. The zero-order valence-corrected chi connectivity index (χ0v) is 14.4. The molecule has 0 aliphatic carbocycles. The van der Waals surface area contributed by atoms with Crippen molar-refractivity contribution in [3.8, 4) is 0 Å². The smallest absolute Gasteiger partial charge is 0.405 e. The van der Waals surface area contributed by atoms with Gasteiger partial charge in [-0.3, -0.25) is 4.55 Å². The van der Waals surface area contributed by atoms with Gasteiger partial charge in [0.1, 0.15) is 0 Å². The van der Waals surface area contributed by atoms with Crippen LogP contribution in [0.15, 0.2) is 24.3 Å². The molecule has 26 heavy (non-hydrogen) atoms. The quantitative estimate of drug-likeness (QED) is 0.547. The van der Waals surface area contributed by atoms with Crippen LogP contribution in [0.2, 0.25) is 0 Å². The van der Waals surface area contributed by atoms with Crippen LogP contribution in [0.4, 0.5) is 8.78 Å². The Hall–Kier alpha value is -2.11. The lowest BCUT2D eigenvalue weighted by molar-refractivity contribution is -0.0616. The van der Waals surface area contributed by atoms with Gasteiger partial charge in [-0.05, 0) is 19.1 Å². The highest BCUT2D eigenvalue weighted by Crippen LogP contribution is 2.28. The van der Waals surface area contributed by atoms with Crippen molar-refractivity contribution in [2.24, 2.45) is 5.92 Å². The molecular formula is C15H16F2O8S. The number of esters is 2. The molecule has 0 amide bonds. The van der Waals surface area contributed by atoms with Gasteiger partial charge in [0.2, 0.25) is 0 Å². The Morgan fingerprint density at radius 3 is 2.27 bits per heavy atom. The number of hydrogen-bond acceptors (Lipinski definition) is 7. The SMILES string of the molecule is CC(OC(=O)c1ccccc1C(=O)OCC1COC1)C(F)(F)S(=O)(=O)O. The van der Waals surface area contributed by atoms with E-state index in [9.17, 15) is 26.8 Å². The first-order chi connectivity index (χ1) is 12.0. The van der Waals surface area contributed by atoms with Crippen LogP contribution in [0.25, 0.3) is 0 Å². The van der Waals surface area contributed by atoms with Crippen LogP contribution in [0.1, 0.15) is 27.6 Å². The number of ether oxygens (including phenoxy) is 3. The highest BCUT2D eigenvalue weighted by molar-refractivity contribution is 7.86. The van der Waals surface area contributed by atoms with E-state index < -0.39 is 33.4 Å². The van der Waals surface area contributed by atoms with Gasteiger partial charge < -0.3 is 14.2 Å². The largest absolute Gasteiger partial charge is 0.462 e. The Morgan fingerprint density at radius 2 is 1.81 bits per heavy atom. The van der Waals surface area contributed by atoms with Gasteiger partial charge in [0.25, 0.3) is 0 Å². The van der Waals surface area contributed by atoms with Gasteiger partial charge in [-0.15, -0.1) is 0 Å². The molecule has 144 valence electrons. The minimum atomic E-state index is -5.78. The summed E-state index contributed by atoms with van der Waals surface area (Å²) in [5, 5.41) is -4.71. The fraction of sp³-hybridized carbons (Fsp3) is 0.467. The Balaban J connectivity index is 2.12. The highest BCUT2D eigenvalue weighted by Gasteiger charge is 2.52. The first-order valence-corrected chi connectivity index (χ1v) is 8.87. The molecular weight excluding hydrogens is 378 g/mol. The molecule has 1 N–H and O–H groups in total. The average Bonchev–Trinajstić information content (AvgIpc) is 2.52. The maximum Gasteiger partial charge on any atom is 0.405 e. The summed E-state index contributed by atoms with van der Waals surface area (Å²) in [6.07, 6.45) is -2.48. The molecule has 1 saturated heterocycles. The lowest BCUT2D eigenvalue weighted by Crippen LogP contribution is -2.42. The van der Waals surface area contributed by atoms with Crippen LogP contribution in [-0.4, -0.2) is 56.1 Å². The number of halogens is 2. The summed E-state index contributed by atoms with van der Waals surface area (Å²) in [4.78, 5) is 24.2. The topological polar surface area (TPSA) is 116 Å². The van der Waals surface area contributed by atoms with E-state index in [1.54, 1.807) is 0 Å². The normalized spacial score (nSPS) is 16.5. The Labute approximate surface area is 147 Å². The van der Waals surface area contributed by atoms with Gasteiger partial charge in [-0.25, -0.2) is 9.59 Å². The Morgan fingerprint density at radius 1 is 1.27 bits per heavy atom. The summed E-state index contributed by atoms with van der Waals surface area (Å²) in [5.41, 5.74) is -0.597. The van der Waals surface area contributed by atoms with Gasteiger partial charge in [-0.2, -0.15) is 17.2 Å². The second-order valence-electron chi connectivity index (χ2n) is 5.63. The van der Waals surface area contributed by atoms with Crippen LogP contribution in [0, 0.1) is 5.92 Å². The molecule has 2 rings (SSSR count). The standard InChI is InChI=1S/C15H16F2O8S/c1-9(15(16,17)26(20,21)22)25-14(19)12-5-3-2-4-11(12)13(18)24-8-10-6-23-7-10/h2-5,9-10H,6-8H2,1H3,(H,20,21,22). The number of benzene rings is 1. The fourth-order valence-corrected chi connectivity index (χ4v) is 2.46. The molecule has 8 nitrogen and oxygen atoms in total. The summed E-state index contributed by atoms with van der Waals surface area (Å²) in [6.45, 7) is 1.56. The predicted molar refractivity (Wildman–Crippen MR) is 82.4 cm³/mol. The summed E-state index contributed by atoms with van der Waals surface area (Å²) in [5.74, 6) is -2.18. The Kier molecular flexibility index (Phi) is 5.94. The lowest BCUT2D eigenvalue weighted by atomic mass is 10.1. The van der Waals surface area contributed by atoms with Gasteiger partial charge >= 0.3 is 27.3 Å². The molecule has 0 aromatic heterocycles. The minimum absolute atomic E-state index is 0.0477. The van der Waals surface area contributed by atoms with E-state index in [2.05, 4.69) is 4.74 Å². The average molecular weight is 394 g/mol. The summed E-state index contributed by atoms with van der Waals surface area (Å²) >= 11 is 0. The van der Waals surface area contributed by atoms with Crippen molar-refractivity contribution < 1.29 is 45.6 Å². The molecule has 0 saturated carbocycles. The maximum absolute atomic E-state index is 13.5. The van der Waals surface area contributed by atoms with Crippen molar-refractivity contribution in [3.63, 3.8) is 0 Å². The predicted octanol–water partition coefficient (Wildman–Crippen LogP) is 1.52. The zero-order chi connectivity index (χ0) is 19.5. The molecule has 1 aliphatic heterocycles. The maximum atomic E-state index is 13.5. The molecule has 1 aromatic rings. The van der Waals surface area contributed by atoms with E-state index in [1.807, 2.05) is 0 Å². The molecule has 1 atom stereocenters. The minimum Gasteiger partial charge on any atom is -0.462 e. The van der Waals surface area contributed by atoms with Crippen molar-refractivity contribution in [1.29, 1.82) is 0 Å². The Bertz CT molecular complexity index is 789. The molecule has 1 heterocycles. The molecule has 1 aromatic carbocycles. The van der Waals surface area contributed by atoms with Crippen LogP contribution >= 0.6 is 0 Å². The van der Waals surface area contributed by atoms with Crippen molar-refractivity contribution >= 4 is 22.1 Å². The third-order valence-corrected chi connectivity index (χ3v) is 4.64. The van der Waals surface area contributed by atoms with E-state index in [0.717, 1.165) is 6.07 Å². The van der Waals surface area contributed by atoms with Gasteiger partial charge in [0.05, 0.1) is 30.9 Å². The molecule has 0 spiro atoms. The summed E-state index contributed by atoms with van der Waals surface area (Å²) in [7, 11) is -5.78.